The zero-order valence-electron chi connectivity index (χ0n) is 15.9. The smallest absolute Gasteiger partial charge is 0.260 e. The minimum absolute atomic E-state index is 0.181. The van der Waals surface area contributed by atoms with Gasteiger partial charge in [0.1, 0.15) is 5.75 Å². The summed E-state index contributed by atoms with van der Waals surface area (Å²) in [6.45, 7) is 7.48. The van der Waals surface area contributed by atoms with Crippen LogP contribution >= 0.6 is 0 Å². The van der Waals surface area contributed by atoms with Crippen molar-refractivity contribution < 1.29 is 17.9 Å². The number of amides is 1. The van der Waals surface area contributed by atoms with Crippen LogP contribution in [0, 0.1) is 5.92 Å². The predicted octanol–water partition coefficient (Wildman–Crippen LogP) is 2.79. The number of hydrogen-bond acceptors (Lipinski definition) is 4. The Morgan fingerprint density at radius 2 is 1.65 bits per heavy atom. The summed E-state index contributed by atoms with van der Waals surface area (Å²) in [5, 5.41) is 2.82. The highest BCUT2D eigenvalue weighted by atomic mass is 32.2. The second-order valence-corrected chi connectivity index (χ2v) is 9.13. The number of benzene rings is 1. The summed E-state index contributed by atoms with van der Waals surface area (Å²) in [4.78, 5) is 12.2. The van der Waals surface area contributed by atoms with Crippen LogP contribution in [0.1, 0.15) is 46.5 Å². The third-order valence-electron chi connectivity index (χ3n) is 4.39. The Morgan fingerprint density at radius 3 is 2.19 bits per heavy atom. The Morgan fingerprint density at radius 1 is 1.08 bits per heavy atom. The van der Waals surface area contributed by atoms with Crippen molar-refractivity contribution in [1.29, 1.82) is 0 Å². The van der Waals surface area contributed by atoms with Gasteiger partial charge in [0, 0.05) is 19.6 Å². The molecule has 1 aliphatic rings. The molecule has 0 radical (unpaired) electrons. The van der Waals surface area contributed by atoms with Crippen molar-refractivity contribution in [2.45, 2.75) is 57.5 Å². The van der Waals surface area contributed by atoms with Gasteiger partial charge in [-0.2, -0.15) is 4.31 Å². The standard InChI is InChI=1S/C19H30N2O4S/c1-15(2)14-20-19(22)16(3)25-17-8-10-18(11-9-17)26(23,24)21-12-6-4-5-7-13-21/h8-11,15-16H,4-7,12-14H2,1-3H3,(H,20,22)/t16-/m1/s1. The van der Waals surface area contributed by atoms with E-state index in [2.05, 4.69) is 5.32 Å². The van der Waals surface area contributed by atoms with Crippen molar-refractivity contribution in [3.63, 3.8) is 0 Å². The molecule has 1 aliphatic heterocycles. The zero-order chi connectivity index (χ0) is 19.2. The number of sulfonamides is 1. The molecule has 6 nitrogen and oxygen atoms in total. The zero-order valence-corrected chi connectivity index (χ0v) is 16.7. The molecular weight excluding hydrogens is 352 g/mol. The lowest BCUT2D eigenvalue weighted by atomic mass is 10.2. The Kier molecular flexibility index (Phi) is 7.46. The SMILES string of the molecule is CC(C)CNC(=O)[C@@H](C)Oc1ccc(S(=O)(=O)N2CCCCCC2)cc1. The number of carbonyl (C=O) groups is 1. The summed E-state index contributed by atoms with van der Waals surface area (Å²) >= 11 is 0. The van der Waals surface area contributed by atoms with Gasteiger partial charge in [0.25, 0.3) is 5.91 Å². The molecule has 2 rings (SSSR count). The van der Waals surface area contributed by atoms with Gasteiger partial charge in [-0.15, -0.1) is 0 Å². The van der Waals surface area contributed by atoms with Crippen LogP contribution in [-0.2, 0) is 14.8 Å². The van der Waals surface area contributed by atoms with E-state index < -0.39 is 16.1 Å². The summed E-state index contributed by atoms with van der Waals surface area (Å²) in [6.07, 6.45) is 3.33. The third kappa shape index (κ3) is 5.71. The van der Waals surface area contributed by atoms with Crippen LogP contribution in [0.3, 0.4) is 0 Å². The first-order valence-electron chi connectivity index (χ1n) is 9.35. The van der Waals surface area contributed by atoms with Gasteiger partial charge in [-0.3, -0.25) is 4.79 Å². The van der Waals surface area contributed by atoms with E-state index in [0.717, 1.165) is 25.7 Å². The number of rotatable bonds is 7. The van der Waals surface area contributed by atoms with E-state index in [1.54, 1.807) is 35.5 Å². The molecule has 0 saturated carbocycles. The van der Waals surface area contributed by atoms with E-state index in [-0.39, 0.29) is 10.8 Å². The Bertz CT molecular complexity index is 678. The fourth-order valence-electron chi connectivity index (χ4n) is 2.83. The minimum Gasteiger partial charge on any atom is -0.481 e. The largest absolute Gasteiger partial charge is 0.481 e. The van der Waals surface area contributed by atoms with E-state index >= 15 is 0 Å². The van der Waals surface area contributed by atoms with Crippen LogP contribution in [-0.4, -0.2) is 44.4 Å². The van der Waals surface area contributed by atoms with Crippen LogP contribution < -0.4 is 10.1 Å². The van der Waals surface area contributed by atoms with E-state index in [4.69, 9.17) is 4.74 Å². The minimum atomic E-state index is -3.47. The molecule has 1 amide bonds. The Balaban J connectivity index is 1.99. The molecule has 1 fully saturated rings. The molecule has 26 heavy (non-hydrogen) atoms. The van der Waals surface area contributed by atoms with Crippen molar-refractivity contribution in [1.82, 2.24) is 9.62 Å². The molecule has 1 aromatic rings. The fraction of sp³-hybridized carbons (Fsp3) is 0.632. The Hall–Kier alpha value is -1.60. The maximum absolute atomic E-state index is 12.8. The van der Waals surface area contributed by atoms with Gasteiger partial charge in [-0.1, -0.05) is 26.7 Å². The van der Waals surface area contributed by atoms with Crippen molar-refractivity contribution in [3.8, 4) is 5.75 Å². The van der Waals surface area contributed by atoms with Crippen molar-refractivity contribution in [3.05, 3.63) is 24.3 Å². The van der Waals surface area contributed by atoms with Crippen LogP contribution in [0.2, 0.25) is 0 Å². The summed E-state index contributed by atoms with van der Waals surface area (Å²) < 4.78 is 32.7. The lowest BCUT2D eigenvalue weighted by Gasteiger charge is -2.20. The summed E-state index contributed by atoms with van der Waals surface area (Å²) in [5.41, 5.74) is 0. The lowest BCUT2D eigenvalue weighted by molar-refractivity contribution is -0.127. The average molecular weight is 383 g/mol. The van der Waals surface area contributed by atoms with Crippen molar-refractivity contribution in [2.24, 2.45) is 5.92 Å². The quantitative estimate of drug-likeness (QED) is 0.787. The van der Waals surface area contributed by atoms with E-state index in [1.807, 2.05) is 13.8 Å². The molecular formula is C19H30N2O4S. The molecule has 1 aromatic carbocycles. The number of nitrogens with one attached hydrogen (secondary N) is 1. The number of hydrogen-bond donors (Lipinski definition) is 1. The molecule has 1 saturated heterocycles. The van der Waals surface area contributed by atoms with Gasteiger partial charge in [0.15, 0.2) is 6.10 Å². The maximum atomic E-state index is 12.8. The highest BCUT2D eigenvalue weighted by Crippen LogP contribution is 2.23. The summed E-state index contributed by atoms with van der Waals surface area (Å²) in [5.74, 6) is 0.668. The second kappa shape index (κ2) is 9.37. The number of ether oxygens (including phenoxy) is 1. The van der Waals surface area contributed by atoms with Gasteiger partial charge >= 0.3 is 0 Å². The van der Waals surface area contributed by atoms with Crippen LogP contribution in [0.4, 0.5) is 0 Å². The normalized spacial score (nSPS) is 17.5. The lowest BCUT2D eigenvalue weighted by Crippen LogP contribution is -2.38. The molecule has 7 heteroatoms. The summed E-state index contributed by atoms with van der Waals surface area (Å²) in [6, 6.07) is 6.32. The molecule has 1 N–H and O–H groups in total. The first kappa shape index (κ1) is 20.7. The first-order chi connectivity index (χ1) is 12.3. The Labute approximate surface area is 157 Å². The van der Waals surface area contributed by atoms with Crippen LogP contribution in [0.5, 0.6) is 5.75 Å². The molecule has 1 atom stereocenters. The highest BCUT2D eigenvalue weighted by Gasteiger charge is 2.25. The average Bonchev–Trinajstić information content (AvgIpc) is 2.90. The molecule has 1 heterocycles. The topological polar surface area (TPSA) is 75.7 Å². The van der Waals surface area contributed by atoms with E-state index in [9.17, 15) is 13.2 Å². The molecule has 146 valence electrons. The van der Waals surface area contributed by atoms with Gasteiger partial charge in [-0.05, 0) is 49.9 Å². The van der Waals surface area contributed by atoms with Gasteiger partial charge in [0.05, 0.1) is 4.90 Å². The van der Waals surface area contributed by atoms with Gasteiger partial charge < -0.3 is 10.1 Å². The molecule has 0 spiro atoms. The maximum Gasteiger partial charge on any atom is 0.260 e. The third-order valence-corrected chi connectivity index (χ3v) is 6.31. The van der Waals surface area contributed by atoms with Crippen molar-refractivity contribution >= 4 is 15.9 Å². The predicted molar refractivity (Wildman–Crippen MR) is 102 cm³/mol. The monoisotopic (exact) mass is 382 g/mol. The van der Waals surface area contributed by atoms with E-state index in [0.29, 0.717) is 31.3 Å². The molecule has 0 unspecified atom stereocenters. The van der Waals surface area contributed by atoms with Crippen LogP contribution in [0.15, 0.2) is 29.2 Å². The highest BCUT2D eigenvalue weighted by molar-refractivity contribution is 7.89. The van der Waals surface area contributed by atoms with Gasteiger partial charge in [-0.25, -0.2) is 8.42 Å². The van der Waals surface area contributed by atoms with Gasteiger partial charge in [0.2, 0.25) is 10.0 Å². The molecule has 0 bridgehead atoms. The fourth-order valence-corrected chi connectivity index (χ4v) is 4.34. The van der Waals surface area contributed by atoms with Crippen molar-refractivity contribution in [2.75, 3.05) is 19.6 Å². The van der Waals surface area contributed by atoms with Crippen LogP contribution in [0.25, 0.3) is 0 Å². The number of carbonyl (C=O) groups excluding carboxylic acids is 1. The van der Waals surface area contributed by atoms with E-state index in [1.165, 1.54) is 0 Å². The number of nitrogens with zero attached hydrogens (tertiary/aromatic N) is 1. The molecule has 0 aliphatic carbocycles. The molecule has 0 aromatic heterocycles. The summed E-state index contributed by atoms with van der Waals surface area (Å²) in [7, 11) is -3.47. The second-order valence-electron chi connectivity index (χ2n) is 7.19. The first-order valence-corrected chi connectivity index (χ1v) is 10.8.